The Morgan fingerprint density at radius 2 is 1.43 bits per heavy atom. The largest absolute Gasteiger partial charge is 0.468 e. The summed E-state index contributed by atoms with van der Waals surface area (Å²) in [6.45, 7) is 3.89. The lowest BCUT2D eigenvalue weighted by Crippen LogP contribution is -2.47. The third-order valence-electron chi connectivity index (χ3n) is 4.83. The zero-order chi connectivity index (χ0) is 16.1. The molecule has 122 valence electrons. The molecule has 0 aromatic rings. The zero-order valence-corrected chi connectivity index (χ0v) is 13.9. The van der Waals surface area contributed by atoms with Gasteiger partial charge < -0.3 is 14.2 Å². The van der Waals surface area contributed by atoms with E-state index in [1.54, 1.807) is 7.11 Å². The molecule has 0 unspecified atom stereocenters. The number of hydrogen-bond donors (Lipinski definition) is 0. The van der Waals surface area contributed by atoms with E-state index < -0.39 is 23.0 Å². The smallest absolute Gasteiger partial charge is 0.323 e. The van der Waals surface area contributed by atoms with Crippen LogP contribution in [0.25, 0.3) is 0 Å². The molecular weight excluding hydrogens is 272 g/mol. The SMILES string of the molecule is COC(=O)C(CCC(C)(C)OC)(C(=O)OC)C1CCCC1. The van der Waals surface area contributed by atoms with Crippen molar-refractivity contribution in [2.45, 2.75) is 58.0 Å². The van der Waals surface area contributed by atoms with Crippen LogP contribution in [-0.2, 0) is 23.8 Å². The molecule has 0 saturated heterocycles. The number of carbonyl (C=O) groups excluding carboxylic acids is 2. The molecule has 1 fully saturated rings. The van der Waals surface area contributed by atoms with E-state index in [1.807, 2.05) is 13.8 Å². The van der Waals surface area contributed by atoms with E-state index in [0.29, 0.717) is 12.8 Å². The van der Waals surface area contributed by atoms with Gasteiger partial charge in [-0.05, 0) is 45.4 Å². The molecule has 0 spiro atoms. The molecule has 0 amide bonds. The van der Waals surface area contributed by atoms with Crippen molar-refractivity contribution >= 4 is 11.9 Å². The van der Waals surface area contributed by atoms with Crippen LogP contribution in [0, 0.1) is 11.3 Å². The van der Waals surface area contributed by atoms with Gasteiger partial charge in [0, 0.05) is 7.11 Å². The minimum atomic E-state index is -1.20. The maximum atomic E-state index is 12.5. The Hall–Kier alpha value is -1.10. The number of ether oxygens (including phenoxy) is 3. The first-order valence-electron chi connectivity index (χ1n) is 7.56. The van der Waals surface area contributed by atoms with E-state index in [0.717, 1.165) is 25.7 Å². The van der Waals surface area contributed by atoms with Gasteiger partial charge in [0.15, 0.2) is 5.41 Å². The van der Waals surface area contributed by atoms with Crippen LogP contribution >= 0.6 is 0 Å². The highest BCUT2D eigenvalue weighted by molar-refractivity contribution is 6.00. The Labute approximate surface area is 127 Å². The molecule has 0 aromatic carbocycles. The van der Waals surface area contributed by atoms with Crippen LogP contribution in [0.15, 0.2) is 0 Å². The highest BCUT2D eigenvalue weighted by Gasteiger charge is 2.55. The van der Waals surface area contributed by atoms with Gasteiger partial charge in [-0.1, -0.05) is 12.8 Å². The molecular formula is C16H28O5. The second-order valence-electron chi connectivity index (χ2n) is 6.40. The first kappa shape index (κ1) is 18.0. The molecule has 0 aromatic heterocycles. The van der Waals surface area contributed by atoms with E-state index in [9.17, 15) is 9.59 Å². The average molecular weight is 300 g/mol. The summed E-state index contributed by atoms with van der Waals surface area (Å²) in [5.74, 6) is -0.966. The Bertz CT molecular complexity index is 353. The fourth-order valence-electron chi connectivity index (χ4n) is 3.21. The van der Waals surface area contributed by atoms with Gasteiger partial charge in [-0.15, -0.1) is 0 Å². The van der Waals surface area contributed by atoms with Crippen molar-refractivity contribution in [3.8, 4) is 0 Å². The molecule has 0 N–H and O–H groups in total. The van der Waals surface area contributed by atoms with Crippen LogP contribution in [0.5, 0.6) is 0 Å². The van der Waals surface area contributed by atoms with Gasteiger partial charge in [-0.25, -0.2) is 0 Å². The predicted molar refractivity (Wildman–Crippen MR) is 78.7 cm³/mol. The van der Waals surface area contributed by atoms with Gasteiger partial charge in [0.2, 0.25) is 0 Å². The standard InChI is InChI=1S/C16H28O5/c1-15(2,21-5)10-11-16(13(17)19-3,14(18)20-4)12-8-6-7-9-12/h12H,6-11H2,1-5H3. The van der Waals surface area contributed by atoms with E-state index in [2.05, 4.69) is 0 Å². The minimum Gasteiger partial charge on any atom is -0.468 e. The van der Waals surface area contributed by atoms with Crippen molar-refractivity contribution < 1.29 is 23.8 Å². The van der Waals surface area contributed by atoms with Gasteiger partial charge in [-0.2, -0.15) is 0 Å². The monoisotopic (exact) mass is 300 g/mol. The predicted octanol–water partition coefficient (Wildman–Crippen LogP) is 2.71. The van der Waals surface area contributed by atoms with Crippen molar-refractivity contribution in [1.29, 1.82) is 0 Å². The molecule has 1 aliphatic rings. The second kappa shape index (κ2) is 7.25. The van der Waals surface area contributed by atoms with Crippen LogP contribution in [0.3, 0.4) is 0 Å². The van der Waals surface area contributed by atoms with Crippen molar-refractivity contribution in [2.24, 2.45) is 11.3 Å². The van der Waals surface area contributed by atoms with E-state index in [-0.39, 0.29) is 5.92 Å². The molecule has 0 radical (unpaired) electrons. The second-order valence-corrected chi connectivity index (χ2v) is 6.40. The summed E-state index contributed by atoms with van der Waals surface area (Å²) in [6, 6.07) is 0. The molecule has 0 heterocycles. The average Bonchev–Trinajstić information content (AvgIpc) is 3.01. The van der Waals surface area contributed by atoms with Crippen molar-refractivity contribution in [3.05, 3.63) is 0 Å². The highest BCUT2D eigenvalue weighted by atomic mass is 16.5. The quantitative estimate of drug-likeness (QED) is 0.534. The number of methoxy groups -OCH3 is 3. The lowest BCUT2D eigenvalue weighted by atomic mass is 9.69. The molecule has 0 atom stereocenters. The summed E-state index contributed by atoms with van der Waals surface area (Å²) in [5.41, 5.74) is -1.60. The lowest BCUT2D eigenvalue weighted by Gasteiger charge is -2.36. The Morgan fingerprint density at radius 1 is 0.952 bits per heavy atom. The number of rotatable bonds is 7. The molecule has 5 nitrogen and oxygen atoms in total. The van der Waals surface area contributed by atoms with Gasteiger partial charge in [0.05, 0.1) is 19.8 Å². The van der Waals surface area contributed by atoms with Gasteiger partial charge in [0.25, 0.3) is 0 Å². The molecule has 1 saturated carbocycles. The first-order chi connectivity index (χ1) is 9.84. The summed E-state index contributed by atoms with van der Waals surface area (Å²) >= 11 is 0. The summed E-state index contributed by atoms with van der Waals surface area (Å²) in [4.78, 5) is 24.9. The Kier molecular flexibility index (Phi) is 6.20. The van der Waals surface area contributed by atoms with Crippen LogP contribution in [-0.4, -0.2) is 38.9 Å². The van der Waals surface area contributed by atoms with Crippen molar-refractivity contribution in [2.75, 3.05) is 21.3 Å². The number of hydrogen-bond acceptors (Lipinski definition) is 5. The number of carbonyl (C=O) groups is 2. The van der Waals surface area contributed by atoms with Gasteiger partial charge in [-0.3, -0.25) is 9.59 Å². The molecule has 21 heavy (non-hydrogen) atoms. The Balaban J connectivity index is 3.10. The highest BCUT2D eigenvalue weighted by Crippen LogP contribution is 2.46. The topological polar surface area (TPSA) is 61.8 Å². The molecule has 0 aliphatic heterocycles. The maximum absolute atomic E-state index is 12.5. The molecule has 1 rings (SSSR count). The summed E-state index contributed by atoms with van der Waals surface area (Å²) in [7, 11) is 4.29. The van der Waals surface area contributed by atoms with Gasteiger partial charge in [0.1, 0.15) is 0 Å². The third-order valence-corrected chi connectivity index (χ3v) is 4.83. The normalized spacial score (nSPS) is 16.8. The van der Waals surface area contributed by atoms with Gasteiger partial charge >= 0.3 is 11.9 Å². The van der Waals surface area contributed by atoms with Crippen LogP contribution in [0.4, 0.5) is 0 Å². The van der Waals surface area contributed by atoms with Crippen molar-refractivity contribution in [3.63, 3.8) is 0 Å². The van der Waals surface area contributed by atoms with Crippen molar-refractivity contribution in [1.82, 2.24) is 0 Å². The molecule has 1 aliphatic carbocycles. The summed E-state index contributed by atoms with van der Waals surface area (Å²) < 4.78 is 15.4. The van der Waals surface area contributed by atoms with Crippen LogP contribution in [0.1, 0.15) is 52.4 Å². The fourth-order valence-corrected chi connectivity index (χ4v) is 3.21. The third kappa shape index (κ3) is 3.76. The minimum absolute atomic E-state index is 0.00921. The van der Waals surface area contributed by atoms with E-state index >= 15 is 0 Å². The number of esters is 2. The molecule has 5 heteroatoms. The Morgan fingerprint density at radius 3 is 1.81 bits per heavy atom. The van der Waals surface area contributed by atoms with E-state index in [4.69, 9.17) is 14.2 Å². The zero-order valence-electron chi connectivity index (χ0n) is 13.9. The maximum Gasteiger partial charge on any atom is 0.323 e. The van der Waals surface area contributed by atoms with E-state index in [1.165, 1.54) is 14.2 Å². The summed E-state index contributed by atoms with van der Waals surface area (Å²) in [6.07, 6.45) is 4.76. The first-order valence-corrected chi connectivity index (χ1v) is 7.56. The lowest BCUT2D eigenvalue weighted by molar-refractivity contribution is -0.175. The van der Waals surface area contributed by atoms with Crippen LogP contribution < -0.4 is 0 Å². The van der Waals surface area contributed by atoms with Crippen LogP contribution in [0.2, 0.25) is 0 Å². The molecule has 0 bridgehead atoms. The summed E-state index contributed by atoms with van der Waals surface area (Å²) in [5, 5.41) is 0. The fraction of sp³-hybridized carbons (Fsp3) is 0.875.